The van der Waals surface area contributed by atoms with Crippen molar-refractivity contribution >= 4 is 23.0 Å². The second-order valence-corrected chi connectivity index (χ2v) is 7.08. The van der Waals surface area contributed by atoms with Crippen LogP contribution < -0.4 is 10.6 Å². The molecule has 0 radical (unpaired) electrons. The third-order valence-electron chi connectivity index (χ3n) is 5.13. The number of nitriles is 1. The van der Waals surface area contributed by atoms with Crippen molar-refractivity contribution in [3.8, 4) is 17.2 Å². The Morgan fingerprint density at radius 3 is 2.41 bits per heavy atom. The van der Waals surface area contributed by atoms with Gasteiger partial charge in [0.2, 0.25) is 5.91 Å². The van der Waals surface area contributed by atoms with Crippen LogP contribution in [0.25, 0.3) is 16.6 Å². The summed E-state index contributed by atoms with van der Waals surface area (Å²) >= 11 is 0. The number of fused-ring (bicyclic) bond motifs is 1. The van der Waals surface area contributed by atoms with Gasteiger partial charge in [-0.1, -0.05) is 12.1 Å². The Bertz CT molecular complexity index is 1340. The van der Waals surface area contributed by atoms with E-state index in [-0.39, 0.29) is 19.1 Å². The number of aliphatic hydroxyl groups excluding tert-OH is 1. The van der Waals surface area contributed by atoms with Gasteiger partial charge in [0, 0.05) is 35.1 Å². The highest BCUT2D eigenvalue weighted by molar-refractivity contribution is 6.07. The lowest BCUT2D eigenvalue weighted by Gasteiger charge is -2.22. The van der Waals surface area contributed by atoms with Crippen molar-refractivity contribution in [2.75, 3.05) is 18.1 Å². The molecule has 32 heavy (non-hydrogen) atoms. The van der Waals surface area contributed by atoms with Gasteiger partial charge in [0.15, 0.2) is 0 Å². The average molecular weight is 425 g/mol. The lowest BCUT2D eigenvalue weighted by molar-refractivity contribution is 0.0978. The van der Waals surface area contributed by atoms with E-state index in [9.17, 15) is 14.7 Å². The fourth-order valence-electron chi connectivity index (χ4n) is 3.47. The molecular weight excluding hydrogens is 406 g/mol. The van der Waals surface area contributed by atoms with Crippen LogP contribution in [0.5, 0.6) is 0 Å². The highest BCUT2D eigenvalue weighted by Gasteiger charge is 2.19. The summed E-state index contributed by atoms with van der Waals surface area (Å²) in [5.74, 6) is -0.793. The number of anilines is 1. The Morgan fingerprint density at radius 1 is 1.06 bits per heavy atom. The zero-order chi connectivity index (χ0) is 22.7. The maximum Gasteiger partial charge on any atom is 0.258 e. The lowest BCUT2D eigenvalue weighted by atomic mass is 10.0. The first-order valence-corrected chi connectivity index (χ1v) is 9.82. The number of primary amides is 1. The van der Waals surface area contributed by atoms with Crippen LogP contribution in [-0.2, 0) is 0 Å². The van der Waals surface area contributed by atoms with Gasteiger partial charge < -0.3 is 15.7 Å². The molecule has 0 atom stereocenters. The van der Waals surface area contributed by atoms with Crippen LogP contribution in [0, 0.1) is 11.3 Å². The second-order valence-electron chi connectivity index (χ2n) is 7.08. The highest BCUT2D eigenvalue weighted by atomic mass is 16.3. The van der Waals surface area contributed by atoms with Gasteiger partial charge in [-0.3, -0.25) is 9.59 Å². The number of hydrogen-bond acceptors (Lipinski definition) is 5. The number of amides is 2. The Morgan fingerprint density at radius 2 is 1.78 bits per heavy atom. The number of aromatic nitrogens is 2. The van der Waals surface area contributed by atoms with Gasteiger partial charge in [0.1, 0.15) is 0 Å². The molecule has 2 aromatic heterocycles. The smallest absolute Gasteiger partial charge is 0.258 e. The van der Waals surface area contributed by atoms with Crippen molar-refractivity contribution in [1.82, 2.24) is 9.61 Å². The monoisotopic (exact) mass is 425 g/mol. The number of carbonyl (C=O) groups excluding carboxylic acids is 2. The van der Waals surface area contributed by atoms with E-state index >= 15 is 0 Å². The number of rotatable bonds is 6. The summed E-state index contributed by atoms with van der Waals surface area (Å²) in [6, 6.07) is 18.9. The molecule has 8 heteroatoms. The largest absolute Gasteiger partial charge is 0.395 e. The van der Waals surface area contributed by atoms with Crippen molar-refractivity contribution in [2.24, 2.45) is 5.73 Å². The molecule has 0 bridgehead atoms. The van der Waals surface area contributed by atoms with Gasteiger partial charge in [0.25, 0.3) is 5.91 Å². The van der Waals surface area contributed by atoms with E-state index in [0.717, 1.165) is 11.1 Å². The van der Waals surface area contributed by atoms with Crippen molar-refractivity contribution in [3.05, 3.63) is 89.7 Å². The first-order chi connectivity index (χ1) is 15.5. The SMILES string of the molecule is N#Cc1ccc(N(CCO)C(=O)c2ccn3ncc(-c4ccc(C(N)=O)cc4)c3c2)cc1. The fraction of sp³-hybridized carbons (Fsp3) is 0.0833. The number of nitrogens with two attached hydrogens (primary N) is 1. The zero-order valence-electron chi connectivity index (χ0n) is 17.0. The summed E-state index contributed by atoms with van der Waals surface area (Å²) in [6.07, 6.45) is 3.38. The van der Waals surface area contributed by atoms with Gasteiger partial charge in [-0.25, -0.2) is 4.52 Å². The van der Waals surface area contributed by atoms with Crippen LogP contribution in [0.2, 0.25) is 0 Å². The average Bonchev–Trinajstić information content (AvgIpc) is 3.25. The van der Waals surface area contributed by atoms with E-state index < -0.39 is 5.91 Å². The third kappa shape index (κ3) is 3.93. The summed E-state index contributed by atoms with van der Waals surface area (Å²) < 4.78 is 1.66. The predicted octanol–water partition coefficient (Wildman–Crippen LogP) is 2.61. The normalized spacial score (nSPS) is 10.6. The van der Waals surface area contributed by atoms with Crippen LogP contribution >= 0.6 is 0 Å². The maximum atomic E-state index is 13.3. The summed E-state index contributed by atoms with van der Waals surface area (Å²) in [5.41, 5.74) is 9.54. The number of hydrogen-bond donors (Lipinski definition) is 2. The van der Waals surface area contributed by atoms with Gasteiger partial charge in [-0.15, -0.1) is 0 Å². The molecule has 3 N–H and O–H groups in total. The standard InChI is InChI=1S/C24H19N5O3/c25-14-16-1-7-20(8-2-16)28(11-12-30)24(32)19-9-10-29-22(13-19)21(15-27-29)17-3-5-18(6-4-17)23(26)31/h1-10,13,15,30H,11-12H2,(H2,26,31). The minimum absolute atomic E-state index is 0.108. The molecule has 0 unspecified atom stereocenters. The molecule has 2 aromatic carbocycles. The summed E-state index contributed by atoms with van der Waals surface area (Å²) in [4.78, 5) is 26.1. The fourth-order valence-corrected chi connectivity index (χ4v) is 3.47. The minimum Gasteiger partial charge on any atom is -0.395 e. The molecule has 0 saturated heterocycles. The van der Waals surface area contributed by atoms with Crippen molar-refractivity contribution < 1.29 is 14.7 Å². The molecule has 2 heterocycles. The summed E-state index contributed by atoms with van der Waals surface area (Å²) in [6.45, 7) is -0.102. The second kappa shape index (κ2) is 8.71. The predicted molar refractivity (Wildman–Crippen MR) is 119 cm³/mol. The summed E-state index contributed by atoms with van der Waals surface area (Å²) in [5, 5.41) is 22.8. The molecular formula is C24H19N5O3. The third-order valence-corrected chi connectivity index (χ3v) is 5.13. The van der Waals surface area contributed by atoms with Crippen LogP contribution in [0.15, 0.2) is 73.1 Å². The van der Waals surface area contributed by atoms with Crippen molar-refractivity contribution in [2.45, 2.75) is 0 Å². The Labute approximate surface area is 183 Å². The van der Waals surface area contributed by atoms with Crippen LogP contribution in [0.1, 0.15) is 26.3 Å². The van der Waals surface area contributed by atoms with E-state index in [1.807, 2.05) is 6.07 Å². The molecule has 4 aromatic rings. The molecule has 2 amide bonds. The molecule has 8 nitrogen and oxygen atoms in total. The first kappa shape index (κ1) is 20.8. The van der Waals surface area contributed by atoms with E-state index in [1.165, 1.54) is 4.90 Å². The topological polar surface area (TPSA) is 125 Å². The first-order valence-electron chi connectivity index (χ1n) is 9.82. The number of benzene rings is 2. The number of aliphatic hydroxyl groups is 1. The minimum atomic E-state index is -0.504. The van der Waals surface area contributed by atoms with E-state index in [2.05, 4.69) is 5.10 Å². The molecule has 4 rings (SSSR count). The highest BCUT2D eigenvalue weighted by Crippen LogP contribution is 2.26. The molecule has 0 aliphatic heterocycles. The Balaban J connectivity index is 1.71. The zero-order valence-corrected chi connectivity index (χ0v) is 17.0. The van der Waals surface area contributed by atoms with Crippen LogP contribution in [0.3, 0.4) is 0 Å². The van der Waals surface area contributed by atoms with Gasteiger partial charge in [-0.2, -0.15) is 10.4 Å². The van der Waals surface area contributed by atoms with Gasteiger partial charge >= 0.3 is 0 Å². The van der Waals surface area contributed by atoms with Gasteiger partial charge in [-0.05, 0) is 54.1 Å². The van der Waals surface area contributed by atoms with Crippen molar-refractivity contribution in [3.63, 3.8) is 0 Å². The Hall–Kier alpha value is -4.48. The molecule has 158 valence electrons. The number of pyridine rings is 1. The van der Waals surface area contributed by atoms with Crippen LogP contribution in [-0.4, -0.2) is 39.7 Å². The van der Waals surface area contributed by atoms with Gasteiger partial charge in [0.05, 0.1) is 30.0 Å². The van der Waals surface area contributed by atoms with Crippen LogP contribution in [0.4, 0.5) is 5.69 Å². The lowest BCUT2D eigenvalue weighted by Crippen LogP contribution is -2.33. The number of carbonyl (C=O) groups is 2. The van der Waals surface area contributed by atoms with E-state index in [4.69, 9.17) is 11.0 Å². The molecule has 0 saturated carbocycles. The maximum absolute atomic E-state index is 13.3. The molecule has 0 aliphatic carbocycles. The summed E-state index contributed by atoms with van der Waals surface area (Å²) in [7, 11) is 0. The molecule has 0 fully saturated rings. The molecule has 0 spiro atoms. The number of nitrogens with zero attached hydrogens (tertiary/aromatic N) is 4. The van der Waals surface area contributed by atoms with E-state index in [0.29, 0.717) is 27.9 Å². The Kier molecular flexibility index (Phi) is 5.66. The quantitative estimate of drug-likeness (QED) is 0.491. The van der Waals surface area contributed by atoms with Crippen molar-refractivity contribution in [1.29, 1.82) is 5.26 Å². The van der Waals surface area contributed by atoms with E-state index in [1.54, 1.807) is 77.6 Å². The molecule has 0 aliphatic rings.